The van der Waals surface area contributed by atoms with E-state index >= 15 is 0 Å². The van der Waals surface area contributed by atoms with Crippen LogP contribution < -0.4 is 5.73 Å². The zero-order valence-electron chi connectivity index (χ0n) is 17.2. The van der Waals surface area contributed by atoms with Crippen LogP contribution in [0.15, 0.2) is 46.9 Å². The van der Waals surface area contributed by atoms with Crippen molar-refractivity contribution in [1.82, 2.24) is 4.90 Å². The molecular formula is C23H29N3O2. The predicted molar refractivity (Wildman–Crippen MR) is 109 cm³/mol. The van der Waals surface area contributed by atoms with Gasteiger partial charge in [-0.1, -0.05) is 45.0 Å². The molecule has 148 valence electrons. The molecule has 1 aromatic carbocycles. The Balaban J connectivity index is 2.18. The molecule has 1 heterocycles. The SMILES string of the molecule is CCc1ccc([C@@H]2C(C#N)=C(N)N(CCOC)C3=C2C(=O)CC(C)(C)C3)cc1. The molecule has 0 unspecified atom stereocenters. The number of rotatable bonds is 5. The lowest BCUT2D eigenvalue weighted by atomic mass is 9.68. The summed E-state index contributed by atoms with van der Waals surface area (Å²) in [5, 5.41) is 9.94. The van der Waals surface area contributed by atoms with Crippen LogP contribution in [0.2, 0.25) is 0 Å². The number of allylic oxidation sites excluding steroid dienone is 3. The fourth-order valence-corrected chi connectivity index (χ4v) is 4.29. The first-order chi connectivity index (χ1) is 13.3. The lowest BCUT2D eigenvalue weighted by molar-refractivity contribution is -0.118. The molecule has 0 radical (unpaired) electrons. The van der Waals surface area contributed by atoms with Crippen LogP contribution in [0.3, 0.4) is 0 Å². The number of hydrogen-bond acceptors (Lipinski definition) is 5. The van der Waals surface area contributed by atoms with E-state index in [0.29, 0.717) is 31.0 Å². The molecule has 1 aliphatic carbocycles. The van der Waals surface area contributed by atoms with Crippen LogP contribution in [-0.4, -0.2) is 30.9 Å². The van der Waals surface area contributed by atoms with E-state index in [1.807, 2.05) is 17.0 Å². The van der Waals surface area contributed by atoms with Crippen LogP contribution in [0.25, 0.3) is 0 Å². The van der Waals surface area contributed by atoms with Gasteiger partial charge in [-0.2, -0.15) is 5.26 Å². The van der Waals surface area contributed by atoms with Gasteiger partial charge in [-0.05, 0) is 29.4 Å². The summed E-state index contributed by atoms with van der Waals surface area (Å²) in [6.07, 6.45) is 2.17. The number of aryl methyl sites for hydroxylation is 1. The van der Waals surface area contributed by atoms with Gasteiger partial charge in [0.1, 0.15) is 5.82 Å². The minimum atomic E-state index is -0.395. The largest absolute Gasteiger partial charge is 0.384 e. The third-order valence-corrected chi connectivity index (χ3v) is 5.73. The molecule has 2 aliphatic rings. The summed E-state index contributed by atoms with van der Waals surface area (Å²) in [4.78, 5) is 15.2. The topological polar surface area (TPSA) is 79.3 Å². The highest BCUT2D eigenvalue weighted by Gasteiger charge is 2.44. The number of nitriles is 1. The average Bonchev–Trinajstić information content (AvgIpc) is 2.66. The monoisotopic (exact) mass is 379 g/mol. The second-order valence-corrected chi connectivity index (χ2v) is 8.38. The van der Waals surface area contributed by atoms with E-state index in [1.54, 1.807) is 7.11 Å². The maximum Gasteiger partial charge on any atom is 0.162 e. The average molecular weight is 380 g/mol. The summed E-state index contributed by atoms with van der Waals surface area (Å²) >= 11 is 0. The predicted octanol–water partition coefficient (Wildman–Crippen LogP) is 3.63. The van der Waals surface area contributed by atoms with Gasteiger partial charge in [-0.25, -0.2) is 0 Å². The number of ether oxygens (including phenoxy) is 1. The molecule has 1 aliphatic heterocycles. The first kappa shape index (κ1) is 20.2. The zero-order valence-corrected chi connectivity index (χ0v) is 17.2. The van der Waals surface area contributed by atoms with Crippen molar-refractivity contribution >= 4 is 5.78 Å². The minimum Gasteiger partial charge on any atom is -0.384 e. The van der Waals surface area contributed by atoms with Gasteiger partial charge in [-0.15, -0.1) is 0 Å². The molecule has 0 spiro atoms. The van der Waals surface area contributed by atoms with Crippen molar-refractivity contribution in [2.45, 2.75) is 46.0 Å². The number of carbonyl (C=O) groups is 1. The van der Waals surface area contributed by atoms with E-state index in [0.717, 1.165) is 29.7 Å². The van der Waals surface area contributed by atoms with Crippen molar-refractivity contribution in [3.05, 3.63) is 58.1 Å². The Morgan fingerprint density at radius 2 is 1.96 bits per heavy atom. The van der Waals surface area contributed by atoms with Gasteiger partial charge in [0.25, 0.3) is 0 Å². The van der Waals surface area contributed by atoms with E-state index in [-0.39, 0.29) is 11.2 Å². The van der Waals surface area contributed by atoms with Crippen molar-refractivity contribution in [3.63, 3.8) is 0 Å². The lowest BCUT2D eigenvalue weighted by Gasteiger charge is -2.43. The van der Waals surface area contributed by atoms with Crippen molar-refractivity contribution in [2.75, 3.05) is 20.3 Å². The Morgan fingerprint density at radius 3 is 2.54 bits per heavy atom. The molecule has 28 heavy (non-hydrogen) atoms. The fraction of sp³-hybridized carbons (Fsp3) is 0.478. The van der Waals surface area contributed by atoms with E-state index in [4.69, 9.17) is 10.5 Å². The summed E-state index contributed by atoms with van der Waals surface area (Å²) in [6, 6.07) is 10.5. The van der Waals surface area contributed by atoms with Gasteiger partial charge < -0.3 is 15.4 Å². The van der Waals surface area contributed by atoms with E-state index < -0.39 is 5.92 Å². The molecule has 0 saturated heterocycles. The van der Waals surface area contributed by atoms with Crippen LogP contribution >= 0.6 is 0 Å². The molecule has 0 saturated carbocycles. The number of nitrogens with zero attached hydrogens (tertiary/aromatic N) is 2. The van der Waals surface area contributed by atoms with Crippen LogP contribution in [0.5, 0.6) is 0 Å². The molecule has 5 heteroatoms. The molecule has 2 N–H and O–H groups in total. The Kier molecular flexibility index (Phi) is 5.62. The second-order valence-electron chi connectivity index (χ2n) is 8.38. The van der Waals surface area contributed by atoms with E-state index in [1.165, 1.54) is 5.56 Å². The normalized spacial score (nSPS) is 21.6. The zero-order chi connectivity index (χ0) is 20.5. The maximum absolute atomic E-state index is 13.2. The van der Waals surface area contributed by atoms with Gasteiger partial charge in [0.15, 0.2) is 5.78 Å². The molecule has 0 bridgehead atoms. The Morgan fingerprint density at radius 1 is 1.29 bits per heavy atom. The Hall–Kier alpha value is -2.58. The van der Waals surface area contributed by atoms with Crippen molar-refractivity contribution < 1.29 is 9.53 Å². The van der Waals surface area contributed by atoms with Crippen LogP contribution in [0.1, 0.15) is 50.7 Å². The molecule has 3 rings (SSSR count). The molecule has 1 atom stereocenters. The first-order valence-corrected chi connectivity index (χ1v) is 9.84. The highest BCUT2D eigenvalue weighted by atomic mass is 16.5. The third kappa shape index (κ3) is 3.57. The van der Waals surface area contributed by atoms with Gasteiger partial charge in [-0.3, -0.25) is 4.79 Å². The van der Waals surface area contributed by atoms with Crippen LogP contribution in [0, 0.1) is 16.7 Å². The molecule has 1 aromatic rings. The summed E-state index contributed by atoms with van der Waals surface area (Å²) in [6.45, 7) is 7.31. The number of methoxy groups -OCH3 is 1. The Bertz CT molecular complexity index is 872. The lowest BCUT2D eigenvalue weighted by Crippen LogP contribution is -2.43. The highest BCUT2D eigenvalue weighted by Crippen LogP contribution is 2.48. The summed E-state index contributed by atoms with van der Waals surface area (Å²) in [5.41, 5.74) is 10.6. The number of benzene rings is 1. The standard InChI is InChI=1S/C23H29N3O2/c1-5-15-6-8-16(9-7-15)20-17(14-24)22(25)26(10-11-28-4)18-12-23(2,3)13-19(27)21(18)20/h6-9,20H,5,10-13,25H2,1-4H3/t20-/m1/s1. The number of ketones is 1. The molecule has 0 aromatic heterocycles. The van der Waals surface area contributed by atoms with Crippen LogP contribution in [-0.2, 0) is 16.0 Å². The van der Waals surface area contributed by atoms with Gasteiger partial charge >= 0.3 is 0 Å². The van der Waals surface area contributed by atoms with Crippen molar-refractivity contribution in [3.8, 4) is 6.07 Å². The number of Topliss-reactive ketones (excluding diaryl/α,β-unsaturated/α-hetero) is 1. The fourth-order valence-electron chi connectivity index (χ4n) is 4.29. The van der Waals surface area contributed by atoms with Crippen LogP contribution in [0.4, 0.5) is 0 Å². The number of nitrogens with two attached hydrogens (primary N) is 1. The summed E-state index contributed by atoms with van der Waals surface area (Å²) in [5.74, 6) is 0.153. The highest BCUT2D eigenvalue weighted by molar-refractivity contribution is 6.00. The Labute approximate surface area is 167 Å². The molecule has 5 nitrogen and oxygen atoms in total. The summed E-state index contributed by atoms with van der Waals surface area (Å²) in [7, 11) is 1.64. The van der Waals surface area contributed by atoms with Gasteiger partial charge in [0.05, 0.1) is 24.2 Å². The minimum absolute atomic E-state index is 0.110. The molecule has 0 fully saturated rings. The number of hydrogen-bond donors (Lipinski definition) is 1. The second kappa shape index (κ2) is 7.81. The van der Waals surface area contributed by atoms with Crippen molar-refractivity contribution in [1.29, 1.82) is 5.26 Å². The molecule has 0 amide bonds. The molecular weight excluding hydrogens is 350 g/mol. The van der Waals surface area contributed by atoms with Gasteiger partial charge in [0.2, 0.25) is 0 Å². The van der Waals surface area contributed by atoms with E-state index in [2.05, 4.69) is 39.0 Å². The quantitative estimate of drug-likeness (QED) is 0.845. The maximum atomic E-state index is 13.2. The smallest absolute Gasteiger partial charge is 0.162 e. The third-order valence-electron chi connectivity index (χ3n) is 5.73. The van der Waals surface area contributed by atoms with E-state index in [9.17, 15) is 10.1 Å². The van der Waals surface area contributed by atoms with Crippen molar-refractivity contribution in [2.24, 2.45) is 11.1 Å². The summed E-state index contributed by atoms with van der Waals surface area (Å²) < 4.78 is 5.25. The van der Waals surface area contributed by atoms with Gasteiger partial charge in [0, 0.05) is 31.3 Å². The first-order valence-electron chi connectivity index (χ1n) is 9.84. The number of carbonyl (C=O) groups excluding carboxylic acids is 1.